The van der Waals surface area contributed by atoms with Crippen molar-refractivity contribution in [3.63, 3.8) is 0 Å². The number of fused-ring (bicyclic) bond motifs is 5. The minimum absolute atomic E-state index is 1.06. The van der Waals surface area contributed by atoms with Crippen molar-refractivity contribution in [1.82, 2.24) is 4.57 Å². The van der Waals surface area contributed by atoms with Gasteiger partial charge in [0.1, 0.15) is 0 Å². The summed E-state index contributed by atoms with van der Waals surface area (Å²) in [6.45, 7) is 0. The maximum absolute atomic E-state index is 2.50. The highest BCUT2D eigenvalue weighted by molar-refractivity contribution is 6.16. The van der Waals surface area contributed by atoms with Gasteiger partial charge in [-0.15, -0.1) is 0 Å². The Morgan fingerprint density at radius 1 is 0.257 bits per heavy atom. The van der Waals surface area contributed by atoms with E-state index < -0.39 is 0 Å². The highest BCUT2D eigenvalue weighted by Gasteiger charge is 2.24. The zero-order valence-corrected chi connectivity index (χ0v) is 38.5. The molecule has 0 spiro atoms. The van der Waals surface area contributed by atoms with Crippen LogP contribution in [0.1, 0.15) is 0 Å². The maximum Gasteiger partial charge on any atom is 0.0547 e. The third-order valence-corrected chi connectivity index (χ3v) is 14.0. The zero-order chi connectivity index (χ0) is 46.4. The third-order valence-electron chi connectivity index (χ3n) is 14.0. The van der Waals surface area contributed by atoms with E-state index in [1.165, 1.54) is 71.2 Å². The van der Waals surface area contributed by atoms with E-state index in [1.54, 1.807) is 0 Å². The standard InChI is InChI=1S/C68H46N2/c1-4-20-48(21-5-1)57-45-42-52(56-33-16-25-47-24-10-11-30-55(47)56)46-66(57)70(63-37-14-12-31-60(63)61-36-18-27-51-26-17-34-58(67(51)61)49-22-6-2-7-23-49)54-43-40-50(41-44-54)59-35-19-39-65-68(59)62-32-13-15-38-64(62)69(65)53-28-8-3-9-29-53/h1-46H. The van der Waals surface area contributed by atoms with E-state index in [-0.39, 0.29) is 0 Å². The molecule has 13 rings (SSSR count). The van der Waals surface area contributed by atoms with Crippen molar-refractivity contribution in [2.24, 2.45) is 0 Å². The summed E-state index contributed by atoms with van der Waals surface area (Å²) in [4.78, 5) is 2.50. The monoisotopic (exact) mass is 890 g/mol. The molecule has 13 aromatic rings. The fourth-order valence-electron chi connectivity index (χ4n) is 10.9. The molecule has 1 aromatic heterocycles. The molecule has 0 bridgehead atoms. The minimum Gasteiger partial charge on any atom is -0.309 e. The molecule has 0 radical (unpaired) electrons. The molecular formula is C68H46N2. The number of aromatic nitrogens is 1. The molecule has 0 N–H and O–H groups in total. The first kappa shape index (κ1) is 41.0. The molecule has 0 aliphatic carbocycles. The number of hydrogen-bond acceptors (Lipinski definition) is 1. The summed E-state index contributed by atoms with van der Waals surface area (Å²) < 4.78 is 2.39. The summed E-state index contributed by atoms with van der Waals surface area (Å²) in [5, 5.41) is 7.37. The Labute approximate surface area is 408 Å². The van der Waals surface area contributed by atoms with Crippen molar-refractivity contribution < 1.29 is 0 Å². The lowest BCUT2D eigenvalue weighted by molar-refractivity contribution is 1.18. The molecule has 1 heterocycles. The summed E-state index contributed by atoms with van der Waals surface area (Å²) in [5.41, 5.74) is 18.5. The fourth-order valence-corrected chi connectivity index (χ4v) is 10.9. The van der Waals surface area contributed by atoms with Gasteiger partial charge in [0, 0.05) is 33.3 Å². The van der Waals surface area contributed by atoms with Crippen molar-refractivity contribution in [1.29, 1.82) is 0 Å². The van der Waals surface area contributed by atoms with Crippen LogP contribution in [0.25, 0.3) is 105 Å². The molecule has 70 heavy (non-hydrogen) atoms. The Balaban J connectivity index is 1.06. The Morgan fingerprint density at radius 2 is 0.757 bits per heavy atom. The summed E-state index contributed by atoms with van der Waals surface area (Å²) in [5.74, 6) is 0. The van der Waals surface area contributed by atoms with Crippen molar-refractivity contribution in [3.05, 3.63) is 279 Å². The molecule has 12 aromatic carbocycles. The van der Waals surface area contributed by atoms with E-state index in [0.717, 1.165) is 50.6 Å². The van der Waals surface area contributed by atoms with Crippen LogP contribution < -0.4 is 4.90 Å². The molecule has 0 amide bonds. The van der Waals surface area contributed by atoms with Crippen LogP contribution in [0.5, 0.6) is 0 Å². The predicted octanol–water partition coefficient (Wildman–Crippen LogP) is 18.9. The number of hydrogen-bond donors (Lipinski definition) is 0. The highest BCUT2D eigenvalue weighted by Crippen LogP contribution is 2.49. The van der Waals surface area contributed by atoms with Gasteiger partial charge in [-0.2, -0.15) is 0 Å². The zero-order valence-electron chi connectivity index (χ0n) is 38.5. The first-order valence-electron chi connectivity index (χ1n) is 24.1. The average molecular weight is 891 g/mol. The Hall–Kier alpha value is -9.24. The summed E-state index contributed by atoms with van der Waals surface area (Å²) in [6, 6.07) is 102. The smallest absolute Gasteiger partial charge is 0.0547 e. The Bertz CT molecular complexity index is 4030. The number of benzene rings is 12. The van der Waals surface area contributed by atoms with Crippen molar-refractivity contribution in [3.8, 4) is 61.3 Å². The summed E-state index contributed by atoms with van der Waals surface area (Å²) in [6.07, 6.45) is 0. The van der Waals surface area contributed by atoms with Gasteiger partial charge < -0.3 is 9.47 Å². The quantitative estimate of drug-likeness (QED) is 0.140. The fraction of sp³-hybridized carbons (Fsp3) is 0. The van der Waals surface area contributed by atoms with E-state index in [9.17, 15) is 0 Å². The van der Waals surface area contributed by atoms with Gasteiger partial charge in [0.25, 0.3) is 0 Å². The van der Waals surface area contributed by atoms with E-state index in [2.05, 4.69) is 289 Å². The molecule has 2 heteroatoms. The molecule has 0 saturated carbocycles. The molecule has 328 valence electrons. The van der Waals surface area contributed by atoms with Gasteiger partial charge in [0.05, 0.1) is 22.4 Å². The molecule has 0 saturated heterocycles. The number of rotatable bonds is 9. The normalized spacial score (nSPS) is 11.4. The van der Waals surface area contributed by atoms with Crippen LogP contribution in [0, 0.1) is 0 Å². The van der Waals surface area contributed by atoms with E-state index >= 15 is 0 Å². The van der Waals surface area contributed by atoms with Gasteiger partial charge in [-0.05, 0) is 115 Å². The van der Waals surface area contributed by atoms with Crippen LogP contribution in [0.15, 0.2) is 279 Å². The highest BCUT2D eigenvalue weighted by atomic mass is 15.1. The maximum atomic E-state index is 2.50. The number of nitrogens with zero attached hydrogens (tertiary/aromatic N) is 2. The van der Waals surface area contributed by atoms with Gasteiger partial charge in [0.15, 0.2) is 0 Å². The van der Waals surface area contributed by atoms with Gasteiger partial charge in [-0.3, -0.25) is 0 Å². The largest absolute Gasteiger partial charge is 0.309 e. The molecule has 0 fully saturated rings. The van der Waals surface area contributed by atoms with E-state index in [1.807, 2.05) is 0 Å². The molecule has 2 nitrogen and oxygen atoms in total. The first-order valence-corrected chi connectivity index (χ1v) is 24.1. The lowest BCUT2D eigenvalue weighted by Crippen LogP contribution is -2.13. The minimum atomic E-state index is 1.06. The van der Waals surface area contributed by atoms with Gasteiger partial charge in [-0.25, -0.2) is 0 Å². The average Bonchev–Trinajstić information content (AvgIpc) is 3.78. The third kappa shape index (κ3) is 7.05. The first-order chi connectivity index (χ1) is 34.8. The van der Waals surface area contributed by atoms with Gasteiger partial charge >= 0.3 is 0 Å². The van der Waals surface area contributed by atoms with E-state index in [0.29, 0.717) is 0 Å². The van der Waals surface area contributed by atoms with Gasteiger partial charge in [-0.1, -0.05) is 231 Å². The molecule has 0 aliphatic rings. The predicted molar refractivity (Wildman–Crippen MR) is 298 cm³/mol. The van der Waals surface area contributed by atoms with Crippen LogP contribution in [0.4, 0.5) is 17.1 Å². The van der Waals surface area contributed by atoms with E-state index in [4.69, 9.17) is 0 Å². The van der Waals surface area contributed by atoms with Crippen LogP contribution >= 0.6 is 0 Å². The van der Waals surface area contributed by atoms with Gasteiger partial charge in [0.2, 0.25) is 0 Å². The lowest BCUT2D eigenvalue weighted by atomic mass is 9.90. The van der Waals surface area contributed by atoms with Crippen LogP contribution in [-0.4, -0.2) is 4.57 Å². The molecular weight excluding hydrogens is 845 g/mol. The second kappa shape index (κ2) is 17.4. The number of para-hydroxylation sites is 3. The van der Waals surface area contributed by atoms with Crippen LogP contribution in [0.3, 0.4) is 0 Å². The van der Waals surface area contributed by atoms with Crippen LogP contribution in [-0.2, 0) is 0 Å². The Kier molecular flexibility index (Phi) is 10.2. The second-order valence-corrected chi connectivity index (χ2v) is 18.0. The SMILES string of the molecule is c1ccc(-c2ccc(-c3cccc4ccccc34)cc2N(c2ccc(-c3cccc4c3c3ccccc3n4-c3ccccc3)cc2)c2ccccc2-c2cccc3cccc(-c4ccccc4)c23)cc1. The molecule has 0 aliphatic heterocycles. The van der Waals surface area contributed by atoms with Crippen molar-refractivity contribution in [2.45, 2.75) is 0 Å². The van der Waals surface area contributed by atoms with Crippen molar-refractivity contribution >= 4 is 60.4 Å². The number of anilines is 3. The van der Waals surface area contributed by atoms with Crippen LogP contribution in [0.2, 0.25) is 0 Å². The van der Waals surface area contributed by atoms with Crippen molar-refractivity contribution in [2.75, 3.05) is 4.90 Å². The molecule has 0 unspecified atom stereocenters. The second-order valence-electron chi connectivity index (χ2n) is 18.0. The topological polar surface area (TPSA) is 8.17 Å². The molecule has 0 atom stereocenters. The lowest BCUT2D eigenvalue weighted by Gasteiger charge is -2.31. The Morgan fingerprint density at radius 3 is 1.51 bits per heavy atom. The summed E-state index contributed by atoms with van der Waals surface area (Å²) in [7, 11) is 0. The summed E-state index contributed by atoms with van der Waals surface area (Å²) >= 11 is 0.